The molecule has 0 saturated carbocycles. The van der Waals surface area contributed by atoms with Crippen LogP contribution in [0.15, 0.2) is 16.6 Å². The molecule has 17 heavy (non-hydrogen) atoms. The van der Waals surface area contributed by atoms with Gasteiger partial charge in [0.05, 0.1) is 11.1 Å². The first-order valence-electron chi connectivity index (χ1n) is 5.44. The van der Waals surface area contributed by atoms with Crippen molar-refractivity contribution >= 4 is 21.9 Å². The standard InChI is InChI=1S/C12H13BrFNO2/c1-2-17-11(16)12(15)6-5-7-8(12)3-4-9(13)10(7)14/h3-4H,2,5-6,15H2,1H3/t12-/m1/s1. The molecule has 0 spiro atoms. The minimum atomic E-state index is -1.20. The molecule has 0 unspecified atom stereocenters. The highest BCUT2D eigenvalue weighted by Crippen LogP contribution is 2.39. The van der Waals surface area contributed by atoms with Crippen LogP contribution in [-0.2, 0) is 21.5 Å². The second kappa shape index (κ2) is 4.38. The molecule has 0 bridgehead atoms. The van der Waals surface area contributed by atoms with Crippen molar-refractivity contribution in [2.75, 3.05) is 6.61 Å². The Bertz CT molecular complexity index is 478. The Kier molecular flexibility index (Phi) is 3.23. The van der Waals surface area contributed by atoms with E-state index in [4.69, 9.17) is 10.5 Å². The molecule has 5 heteroatoms. The number of hydrogen-bond acceptors (Lipinski definition) is 3. The summed E-state index contributed by atoms with van der Waals surface area (Å²) in [6.07, 6.45) is 0.838. The molecule has 0 fully saturated rings. The third kappa shape index (κ3) is 1.87. The van der Waals surface area contributed by atoms with E-state index in [9.17, 15) is 9.18 Å². The first-order valence-corrected chi connectivity index (χ1v) is 6.23. The average molecular weight is 302 g/mol. The number of rotatable bonds is 2. The molecule has 1 aliphatic rings. The van der Waals surface area contributed by atoms with Crippen LogP contribution in [-0.4, -0.2) is 12.6 Å². The molecule has 2 rings (SSSR count). The van der Waals surface area contributed by atoms with Crippen molar-refractivity contribution in [3.63, 3.8) is 0 Å². The van der Waals surface area contributed by atoms with Crippen molar-refractivity contribution in [2.45, 2.75) is 25.3 Å². The number of hydrogen-bond donors (Lipinski definition) is 1. The predicted octanol–water partition coefficient (Wildman–Crippen LogP) is 2.25. The van der Waals surface area contributed by atoms with Gasteiger partial charge in [-0.25, -0.2) is 9.18 Å². The molecular formula is C12H13BrFNO2. The molecule has 0 heterocycles. The van der Waals surface area contributed by atoms with E-state index in [2.05, 4.69) is 15.9 Å². The molecule has 0 radical (unpaired) electrons. The zero-order valence-corrected chi connectivity index (χ0v) is 11.0. The molecule has 0 amide bonds. The van der Waals surface area contributed by atoms with Crippen LogP contribution in [0, 0.1) is 5.82 Å². The lowest BCUT2D eigenvalue weighted by Crippen LogP contribution is -2.44. The summed E-state index contributed by atoms with van der Waals surface area (Å²) < 4.78 is 19.2. The van der Waals surface area contributed by atoms with Gasteiger partial charge in [0, 0.05) is 0 Å². The highest BCUT2D eigenvalue weighted by Gasteiger charge is 2.44. The summed E-state index contributed by atoms with van der Waals surface area (Å²) in [5, 5.41) is 0. The van der Waals surface area contributed by atoms with E-state index in [0.29, 0.717) is 28.4 Å². The van der Waals surface area contributed by atoms with Gasteiger partial charge in [-0.15, -0.1) is 0 Å². The van der Waals surface area contributed by atoms with Gasteiger partial charge in [-0.3, -0.25) is 0 Å². The highest BCUT2D eigenvalue weighted by atomic mass is 79.9. The van der Waals surface area contributed by atoms with Crippen LogP contribution in [0.4, 0.5) is 4.39 Å². The van der Waals surface area contributed by atoms with Crippen molar-refractivity contribution in [3.05, 3.63) is 33.5 Å². The smallest absolute Gasteiger partial charge is 0.330 e. The van der Waals surface area contributed by atoms with Gasteiger partial charge < -0.3 is 10.5 Å². The summed E-state index contributed by atoms with van der Waals surface area (Å²) >= 11 is 3.12. The average Bonchev–Trinajstić information content (AvgIpc) is 2.64. The maximum Gasteiger partial charge on any atom is 0.330 e. The number of nitrogens with two attached hydrogens (primary N) is 1. The Hall–Kier alpha value is -0.940. The van der Waals surface area contributed by atoms with Crippen LogP contribution in [0.1, 0.15) is 24.5 Å². The minimum absolute atomic E-state index is 0.270. The fraction of sp³-hybridized carbons (Fsp3) is 0.417. The van der Waals surface area contributed by atoms with Gasteiger partial charge in [-0.2, -0.15) is 0 Å². The molecule has 0 aliphatic heterocycles. The Morgan fingerprint density at radius 3 is 3.00 bits per heavy atom. The first kappa shape index (κ1) is 12.5. The summed E-state index contributed by atoms with van der Waals surface area (Å²) in [7, 11) is 0. The number of halogens is 2. The second-order valence-electron chi connectivity index (χ2n) is 4.08. The fourth-order valence-electron chi connectivity index (χ4n) is 2.18. The van der Waals surface area contributed by atoms with Gasteiger partial charge in [0.15, 0.2) is 0 Å². The van der Waals surface area contributed by atoms with Crippen LogP contribution in [0.25, 0.3) is 0 Å². The second-order valence-corrected chi connectivity index (χ2v) is 4.93. The summed E-state index contributed by atoms with van der Waals surface area (Å²) in [6, 6.07) is 3.26. The largest absolute Gasteiger partial charge is 0.464 e. The van der Waals surface area contributed by atoms with E-state index < -0.39 is 11.5 Å². The van der Waals surface area contributed by atoms with Crippen LogP contribution >= 0.6 is 15.9 Å². The van der Waals surface area contributed by atoms with Crippen molar-refractivity contribution in [3.8, 4) is 0 Å². The van der Waals surface area contributed by atoms with Gasteiger partial charge in [-0.05, 0) is 52.9 Å². The lowest BCUT2D eigenvalue weighted by molar-refractivity contribution is -0.150. The zero-order valence-electron chi connectivity index (χ0n) is 9.43. The van der Waals surface area contributed by atoms with Gasteiger partial charge in [-0.1, -0.05) is 6.07 Å². The summed E-state index contributed by atoms with van der Waals surface area (Å²) in [4.78, 5) is 11.8. The van der Waals surface area contributed by atoms with E-state index in [-0.39, 0.29) is 12.4 Å². The third-order valence-corrected chi connectivity index (χ3v) is 3.70. The number of carbonyl (C=O) groups is 1. The van der Waals surface area contributed by atoms with Crippen molar-refractivity contribution in [1.29, 1.82) is 0 Å². The quantitative estimate of drug-likeness (QED) is 0.853. The minimum Gasteiger partial charge on any atom is -0.464 e. The molecule has 92 valence electrons. The lowest BCUT2D eigenvalue weighted by Gasteiger charge is -2.22. The summed E-state index contributed by atoms with van der Waals surface area (Å²) in [5.74, 6) is -0.820. The number of carbonyl (C=O) groups excluding carboxylic acids is 1. The van der Waals surface area contributed by atoms with Crippen molar-refractivity contribution in [2.24, 2.45) is 5.73 Å². The fourth-order valence-corrected chi connectivity index (χ4v) is 2.56. The van der Waals surface area contributed by atoms with E-state index in [1.807, 2.05) is 0 Å². The van der Waals surface area contributed by atoms with Gasteiger partial charge >= 0.3 is 5.97 Å². The molecule has 1 aliphatic carbocycles. The van der Waals surface area contributed by atoms with E-state index in [1.54, 1.807) is 19.1 Å². The predicted molar refractivity (Wildman–Crippen MR) is 64.9 cm³/mol. The maximum atomic E-state index is 13.8. The number of fused-ring (bicyclic) bond motifs is 1. The molecule has 1 aromatic rings. The van der Waals surface area contributed by atoms with Crippen LogP contribution in [0.5, 0.6) is 0 Å². The molecular weight excluding hydrogens is 289 g/mol. The summed E-state index contributed by atoms with van der Waals surface area (Å²) in [6.45, 7) is 1.99. The molecule has 0 aromatic heterocycles. The Balaban J connectivity index is 2.47. The normalized spacial score (nSPS) is 22.4. The van der Waals surface area contributed by atoms with Gasteiger partial charge in [0.25, 0.3) is 0 Å². The SMILES string of the molecule is CCOC(=O)[C@@]1(N)CCc2c1ccc(Br)c2F. The molecule has 0 saturated heterocycles. The molecule has 2 N–H and O–H groups in total. The maximum absolute atomic E-state index is 13.8. The van der Waals surface area contributed by atoms with Crippen LogP contribution in [0.2, 0.25) is 0 Å². The van der Waals surface area contributed by atoms with Crippen LogP contribution < -0.4 is 5.73 Å². The zero-order chi connectivity index (χ0) is 12.6. The third-order valence-electron chi connectivity index (χ3n) is 3.09. The Morgan fingerprint density at radius 2 is 2.35 bits per heavy atom. The number of esters is 1. The summed E-state index contributed by atoms with van der Waals surface area (Å²) in [5.41, 5.74) is 5.91. The van der Waals surface area contributed by atoms with E-state index in [0.717, 1.165) is 0 Å². The Labute approximate surface area is 107 Å². The van der Waals surface area contributed by atoms with Crippen molar-refractivity contribution in [1.82, 2.24) is 0 Å². The highest BCUT2D eigenvalue weighted by molar-refractivity contribution is 9.10. The monoisotopic (exact) mass is 301 g/mol. The van der Waals surface area contributed by atoms with Gasteiger partial charge in [0.2, 0.25) is 0 Å². The van der Waals surface area contributed by atoms with Gasteiger partial charge in [0.1, 0.15) is 11.4 Å². The van der Waals surface area contributed by atoms with E-state index >= 15 is 0 Å². The Morgan fingerprint density at radius 1 is 1.65 bits per heavy atom. The topological polar surface area (TPSA) is 52.3 Å². The van der Waals surface area contributed by atoms with Crippen molar-refractivity contribution < 1.29 is 13.9 Å². The molecule has 1 aromatic carbocycles. The first-order chi connectivity index (χ1) is 8.00. The lowest BCUT2D eigenvalue weighted by atomic mass is 9.93. The molecule has 3 nitrogen and oxygen atoms in total. The van der Waals surface area contributed by atoms with Crippen LogP contribution in [0.3, 0.4) is 0 Å². The number of ether oxygens (including phenoxy) is 1. The molecule has 1 atom stereocenters. The number of benzene rings is 1. The van der Waals surface area contributed by atoms with E-state index in [1.165, 1.54) is 0 Å².